The molecular formula is C17H26N2S. The van der Waals surface area contributed by atoms with Gasteiger partial charge < -0.3 is 5.32 Å². The Morgan fingerprint density at radius 1 is 1.30 bits per heavy atom. The van der Waals surface area contributed by atoms with E-state index in [0.717, 1.165) is 12.5 Å². The van der Waals surface area contributed by atoms with E-state index in [1.54, 1.807) is 0 Å². The monoisotopic (exact) mass is 290 g/mol. The molecule has 0 spiro atoms. The summed E-state index contributed by atoms with van der Waals surface area (Å²) in [6.45, 7) is 5.87. The molecular weight excluding hydrogens is 264 g/mol. The van der Waals surface area contributed by atoms with Crippen LogP contribution < -0.4 is 5.32 Å². The van der Waals surface area contributed by atoms with Gasteiger partial charge >= 0.3 is 0 Å². The van der Waals surface area contributed by atoms with Gasteiger partial charge in [-0.2, -0.15) is 11.8 Å². The van der Waals surface area contributed by atoms with Crippen molar-refractivity contribution in [2.24, 2.45) is 5.92 Å². The molecule has 2 atom stereocenters. The van der Waals surface area contributed by atoms with Gasteiger partial charge in [-0.15, -0.1) is 0 Å². The summed E-state index contributed by atoms with van der Waals surface area (Å²) in [4.78, 5) is 2.72. The highest BCUT2D eigenvalue weighted by Crippen LogP contribution is 2.38. The fraction of sp³-hybridized carbons (Fsp3) is 0.647. The molecule has 0 bridgehead atoms. The van der Waals surface area contributed by atoms with Crippen molar-refractivity contribution in [2.75, 3.05) is 31.6 Å². The lowest BCUT2D eigenvalue weighted by Gasteiger charge is -2.48. The van der Waals surface area contributed by atoms with E-state index in [2.05, 4.69) is 53.7 Å². The number of nitrogens with one attached hydrogen (secondary N) is 1. The largest absolute Gasteiger partial charge is 0.310 e. The summed E-state index contributed by atoms with van der Waals surface area (Å²) < 4.78 is 0. The summed E-state index contributed by atoms with van der Waals surface area (Å²) in [6, 6.07) is 11.7. The van der Waals surface area contributed by atoms with Crippen molar-refractivity contribution in [3.63, 3.8) is 0 Å². The van der Waals surface area contributed by atoms with Crippen LogP contribution in [0.4, 0.5) is 0 Å². The predicted molar refractivity (Wildman–Crippen MR) is 88.3 cm³/mol. The number of hydrogen-bond acceptors (Lipinski definition) is 3. The summed E-state index contributed by atoms with van der Waals surface area (Å²) >= 11 is 1.95. The summed E-state index contributed by atoms with van der Waals surface area (Å²) in [7, 11) is 0. The molecule has 1 aromatic carbocycles. The van der Waals surface area contributed by atoms with Crippen LogP contribution in [0, 0.1) is 5.92 Å². The lowest BCUT2D eigenvalue weighted by Crippen LogP contribution is -2.62. The van der Waals surface area contributed by atoms with Gasteiger partial charge in [-0.25, -0.2) is 0 Å². The van der Waals surface area contributed by atoms with E-state index in [9.17, 15) is 0 Å². The van der Waals surface area contributed by atoms with Crippen molar-refractivity contribution in [3.05, 3.63) is 35.9 Å². The van der Waals surface area contributed by atoms with Crippen LogP contribution >= 0.6 is 11.8 Å². The van der Waals surface area contributed by atoms with Gasteiger partial charge in [-0.3, -0.25) is 4.90 Å². The highest BCUT2D eigenvalue weighted by Gasteiger charge is 2.43. The number of rotatable bonds is 5. The zero-order valence-corrected chi connectivity index (χ0v) is 13.5. The number of piperazine rings is 1. The minimum absolute atomic E-state index is 0.141. The van der Waals surface area contributed by atoms with E-state index in [1.807, 2.05) is 11.8 Å². The molecule has 1 saturated heterocycles. The number of hydrogen-bond donors (Lipinski definition) is 1. The van der Waals surface area contributed by atoms with Gasteiger partial charge in [-0.05, 0) is 37.5 Å². The van der Waals surface area contributed by atoms with E-state index >= 15 is 0 Å². The first-order valence-corrected chi connectivity index (χ1v) is 9.16. The Labute approximate surface area is 127 Å². The standard InChI is InChI=1S/C17H26N2S/c1-17(15-6-4-3-5-7-15)13-18-16(14-8-9-14)12-19(17)10-11-20-2/h3-7,14,16,18H,8-13H2,1-2H3. The Hall–Kier alpha value is -0.510. The van der Waals surface area contributed by atoms with E-state index in [-0.39, 0.29) is 5.54 Å². The number of benzene rings is 1. The van der Waals surface area contributed by atoms with Crippen molar-refractivity contribution in [3.8, 4) is 0 Å². The van der Waals surface area contributed by atoms with Crippen LogP contribution in [0.5, 0.6) is 0 Å². The molecule has 2 aliphatic rings. The number of thioether (sulfide) groups is 1. The second-order valence-electron chi connectivity index (χ2n) is 6.40. The normalized spacial score (nSPS) is 31.4. The molecule has 1 heterocycles. The van der Waals surface area contributed by atoms with Gasteiger partial charge in [0.05, 0.1) is 5.54 Å². The smallest absolute Gasteiger partial charge is 0.0558 e. The molecule has 110 valence electrons. The first-order chi connectivity index (χ1) is 9.74. The molecule has 2 nitrogen and oxygen atoms in total. The molecule has 1 saturated carbocycles. The molecule has 1 aliphatic heterocycles. The average molecular weight is 290 g/mol. The zero-order chi connectivity index (χ0) is 14.0. The van der Waals surface area contributed by atoms with Crippen LogP contribution in [0.15, 0.2) is 30.3 Å². The Bertz CT molecular complexity index is 432. The second kappa shape index (κ2) is 6.08. The maximum atomic E-state index is 3.83. The maximum Gasteiger partial charge on any atom is 0.0558 e. The summed E-state index contributed by atoms with van der Waals surface area (Å²) in [5.41, 5.74) is 1.59. The molecule has 2 fully saturated rings. The first-order valence-electron chi connectivity index (χ1n) is 7.77. The molecule has 2 unspecified atom stereocenters. The lowest BCUT2D eigenvalue weighted by molar-refractivity contribution is 0.0510. The van der Waals surface area contributed by atoms with Crippen LogP contribution in [-0.4, -0.2) is 42.6 Å². The van der Waals surface area contributed by atoms with E-state index in [1.165, 1.54) is 37.2 Å². The van der Waals surface area contributed by atoms with E-state index in [0.29, 0.717) is 6.04 Å². The Balaban J connectivity index is 1.79. The second-order valence-corrected chi connectivity index (χ2v) is 7.39. The minimum atomic E-state index is 0.141. The molecule has 0 amide bonds. The molecule has 0 radical (unpaired) electrons. The minimum Gasteiger partial charge on any atom is -0.310 e. The predicted octanol–water partition coefficient (Wildman–Crippen LogP) is 2.95. The maximum absolute atomic E-state index is 3.83. The fourth-order valence-electron chi connectivity index (χ4n) is 3.38. The van der Waals surface area contributed by atoms with Gasteiger partial charge in [0.1, 0.15) is 0 Å². The summed E-state index contributed by atoms with van der Waals surface area (Å²) in [5, 5.41) is 3.83. The van der Waals surface area contributed by atoms with Crippen molar-refractivity contribution >= 4 is 11.8 Å². The topological polar surface area (TPSA) is 15.3 Å². The van der Waals surface area contributed by atoms with Crippen molar-refractivity contribution in [1.82, 2.24) is 10.2 Å². The highest BCUT2D eigenvalue weighted by atomic mass is 32.2. The quantitative estimate of drug-likeness (QED) is 0.897. The van der Waals surface area contributed by atoms with Gasteiger partial charge in [0.15, 0.2) is 0 Å². The van der Waals surface area contributed by atoms with Crippen molar-refractivity contribution < 1.29 is 0 Å². The molecule has 0 aromatic heterocycles. The van der Waals surface area contributed by atoms with Crippen LogP contribution in [0.2, 0.25) is 0 Å². The molecule has 3 heteroatoms. The van der Waals surface area contributed by atoms with Crippen LogP contribution in [0.1, 0.15) is 25.3 Å². The van der Waals surface area contributed by atoms with Gasteiger partial charge in [0.25, 0.3) is 0 Å². The third-order valence-electron chi connectivity index (χ3n) is 4.98. The Morgan fingerprint density at radius 2 is 2.05 bits per heavy atom. The van der Waals surface area contributed by atoms with Gasteiger partial charge in [0.2, 0.25) is 0 Å². The molecule has 1 aromatic rings. The van der Waals surface area contributed by atoms with E-state index in [4.69, 9.17) is 0 Å². The van der Waals surface area contributed by atoms with Crippen LogP contribution in [-0.2, 0) is 5.54 Å². The molecule has 20 heavy (non-hydrogen) atoms. The Kier molecular flexibility index (Phi) is 4.39. The van der Waals surface area contributed by atoms with Gasteiger partial charge in [0, 0.05) is 31.4 Å². The summed E-state index contributed by atoms with van der Waals surface area (Å²) in [5.74, 6) is 2.16. The van der Waals surface area contributed by atoms with Crippen LogP contribution in [0.3, 0.4) is 0 Å². The SMILES string of the molecule is CSCCN1CC(C2CC2)NCC1(C)c1ccccc1. The summed E-state index contributed by atoms with van der Waals surface area (Å²) in [6.07, 6.45) is 5.06. The van der Waals surface area contributed by atoms with E-state index < -0.39 is 0 Å². The zero-order valence-electron chi connectivity index (χ0n) is 12.6. The number of nitrogens with zero attached hydrogens (tertiary/aromatic N) is 1. The highest BCUT2D eigenvalue weighted by molar-refractivity contribution is 7.98. The first kappa shape index (κ1) is 14.4. The lowest BCUT2D eigenvalue weighted by atomic mass is 9.86. The van der Waals surface area contributed by atoms with Gasteiger partial charge in [-0.1, -0.05) is 30.3 Å². The van der Waals surface area contributed by atoms with Crippen molar-refractivity contribution in [2.45, 2.75) is 31.3 Å². The van der Waals surface area contributed by atoms with Crippen LogP contribution in [0.25, 0.3) is 0 Å². The molecule has 1 N–H and O–H groups in total. The average Bonchev–Trinajstić information content (AvgIpc) is 3.32. The van der Waals surface area contributed by atoms with Crippen molar-refractivity contribution in [1.29, 1.82) is 0 Å². The third kappa shape index (κ3) is 2.90. The molecule has 1 aliphatic carbocycles. The fourth-order valence-corrected chi connectivity index (χ4v) is 3.78. The third-order valence-corrected chi connectivity index (χ3v) is 5.57. The Morgan fingerprint density at radius 3 is 2.70 bits per heavy atom. The molecule has 3 rings (SSSR count).